The van der Waals surface area contributed by atoms with E-state index in [1.54, 1.807) is 26.2 Å². The highest BCUT2D eigenvalue weighted by Gasteiger charge is 2.05. The zero-order chi connectivity index (χ0) is 19.9. The number of ether oxygens (including phenoxy) is 1. The minimum absolute atomic E-state index is 0.0481. The highest BCUT2D eigenvalue weighted by atomic mass is 16.5. The lowest BCUT2D eigenvalue weighted by atomic mass is 10.1. The van der Waals surface area contributed by atoms with Crippen LogP contribution in [0.25, 0.3) is 0 Å². The molecule has 0 unspecified atom stereocenters. The van der Waals surface area contributed by atoms with Gasteiger partial charge in [-0.15, -0.1) is 0 Å². The Morgan fingerprint density at radius 2 is 1.86 bits per heavy atom. The van der Waals surface area contributed by atoms with Gasteiger partial charge in [0.2, 0.25) is 5.95 Å². The number of Topliss-reactive ketones (excluding diaryl/α,β-unsaturated/α-hetero) is 1. The molecule has 0 atom stereocenters. The van der Waals surface area contributed by atoms with Crippen molar-refractivity contribution in [3.8, 4) is 5.75 Å². The van der Waals surface area contributed by atoms with Crippen molar-refractivity contribution in [1.29, 1.82) is 0 Å². The van der Waals surface area contributed by atoms with Crippen molar-refractivity contribution in [2.24, 2.45) is 0 Å². The molecule has 0 bridgehead atoms. The van der Waals surface area contributed by atoms with Gasteiger partial charge in [0.15, 0.2) is 5.78 Å². The van der Waals surface area contributed by atoms with Crippen LogP contribution in [0.3, 0.4) is 0 Å². The standard InChI is InChI=1S/C22H24N4O2/c1-15-13-21(25-19-9-7-18(8-10-19)16(2)27)26-22(24-15)23-12-11-17-5-4-6-20(14-17)28-3/h4-10,13-14H,11-12H2,1-3H3,(H2,23,24,25,26). The molecule has 1 heterocycles. The summed E-state index contributed by atoms with van der Waals surface area (Å²) < 4.78 is 5.26. The quantitative estimate of drug-likeness (QED) is 0.568. The van der Waals surface area contributed by atoms with Crippen molar-refractivity contribution in [2.75, 3.05) is 24.3 Å². The normalized spacial score (nSPS) is 10.4. The first-order valence-electron chi connectivity index (χ1n) is 9.14. The number of carbonyl (C=O) groups excluding carboxylic acids is 1. The fourth-order valence-electron chi connectivity index (χ4n) is 2.79. The molecule has 2 N–H and O–H groups in total. The summed E-state index contributed by atoms with van der Waals surface area (Å²) in [4.78, 5) is 20.4. The highest BCUT2D eigenvalue weighted by molar-refractivity contribution is 5.94. The van der Waals surface area contributed by atoms with E-state index in [0.717, 1.165) is 23.6 Å². The van der Waals surface area contributed by atoms with Gasteiger partial charge in [0, 0.05) is 29.6 Å². The van der Waals surface area contributed by atoms with Gasteiger partial charge < -0.3 is 15.4 Å². The van der Waals surface area contributed by atoms with Gasteiger partial charge in [-0.05, 0) is 62.2 Å². The van der Waals surface area contributed by atoms with Crippen LogP contribution in [-0.2, 0) is 6.42 Å². The van der Waals surface area contributed by atoms with Crippen molar-refractivity contribution < 1.29 is 9.53 Å². The third-order valence-corrected chi connectivity index (χ3v) is 4.25. The molecule has 3 aromatic rings. The summed E-state index contributed by atoms with van der Waals surface area (Å²) in [7, 11) is 1.67. The van der Waals surface area contributed by atoms with Crippen LogP contribution < -0.4 is 15.4 Å². The summed E-state index contributed by atoms with van der Waals surface area (Å²) in [5.41, 5.74) is 3.60. The number of rotatable bonds is 8. The molecule has 1 aromatic heterocycles. The third-order valence-electron chi connectivity index (χ3n) is 4.25. The van der Waals surface area contributed by atoms with Crippen molar-refractivity contribution in [3.63, 3.8) is 0 Å². The molecule has 144 valence electrons. The van der Waals surface area contributed by atoms with E-state index in [-0.39, 0.29) is 5.78 Å². The maximum absolute atomic E-state index is 11.4. The zero-order valence-corrected chi connectivity index (χ0v) is 16.3. The van der Waals surface area contributed by atoms with E-state index < -0.39 is 0 Å². The van der Waals surface area contributed by atoms with E-state index in [2.05, 4.69) is 26.7 Å². The van der Waals surface area contributed by atoms with Gasteiger partial charge in [-0.2, -0.15) is 4.98 Å². The molecule has 0 saturated heterocycles. The molecule has 0 aliphatic heterocycles. The van der Waals surface area contributed by atoms with Gasteiger partial charge in [0.25, 0.3) is 0 Å². The number of aryl methyl sites for hydroxylation is 1. The molecule has 0 saturated carbocycles. The van der Waals surface area contributed by atoms with Crippen molar-refractivity contribution in [2.45, 2.75) is 20.3 Å². The van der Waals surface area contributed by atoms with Crippen LogP contribution in [0.5, 0.6) is 5.75 Å². The first-order valence-corrected chi connectivity index (χ1v) is 9.14. The number of methoxy groups -OCH3 is 1. The number of carbonyl (C=O) groups is 1. The minimum atomic E-state index is 0.0481. The number of ketones is 1. The van der Waals surface area contributed by atoms with Crippen LogP contribution in [0.1, 0.15) is 28.5 Å². The largest absolute Gasteiger partial charge is 0.497 e. The zero-order valence-electron chi connectivity index (χ0n) is 16.3. The SMILES string of the molecule is COc1cccc(CCNc2nc(C)cc(Nc3ccc(C(C)=O)cc3)n2)c1. The lowest BCUT2D eigenvalue weighted by molar-refractivity contribution is 0.101. The minimum Gasteiger partial charge on any atom is -0.497 e. The number of nitrogens with zero attached hydrogens (tertiary/aromatic N) is 2. The van der Waals surface area contributed by atoms with Crippen LogP contribution >= 0.6 is 0 Å². The van der Waals surface area contributed by atoms with Crippen molar-refractivity contribution in [3.05, 3.63) is 71.4 Å². The molecule has 2 aromatic carbocycles. The smallest absolute Gasteiger partial charge is 0.224 e. The van der Waals surface area contributed by atoms with Gasteiger partial charge in [-0.1, -0.05) is 12.1 Å². The molecule has 0 aliphatic rings. The van der Waals surface area contributed by atoms with Crippen molar-refractivity contribution in [1.82, 2.24) is 9.97 Å². The van der Waals surface area contributed by atoms with Gasteiger partial charge in [-0.3, -0.25) is 4.79 Å². The second-order valence-electron chi connectivity index (χ2n) is 6.51. The first kappa shape index (κ1) is 19.4. The van der Waals surface area contributed by atoms with Crippen molar-refractivity contribution >= 4 is 23.2 Å². The summed E-state index contributed by atoms with van der Waals surface area (Å²) in [5.74, 6) is 2.18. The molecular formula is C22H24N4O2. The molecule has 0 spiro atoms. The Bertz CT molecular complexity index is 955. The lowest BCUT2D eigenvalue weighted by Gasteiger charge is -2.10. The number of aromatic nitrogens is 2. The van der Waals surface area contributed by atoms with E-state index in [0.29, 0.717) is 23.9 Å². The van der Waals surface area contributed by atoms with Gasteiger partial charge in [0.1, 0.15) is 11.6 Å². The Morgan fingerprint density at radius 3 is 2.57 bits per heavy atom. The molecule has 6 heteroatoms. The van der Waals surface area contributed by atoms with E-state index in [1.165, 1.54) is 5.56 Å². The Balaban J connectivity index is 1.63. The predicted molar refractivity (Wildman–Crippen MR) is 112 cm³/mol. The lowest BCUT2D eigenvalue weighted by Crippen LogP contribution is -2.09. The summed E-state index contributed by atoms with van der Waals surface area (Å²) in [6.07, 6.45) is 0.837. The fourth-order valence-corrected chi connectivity index (χ4v) is 2.79. The number of hydrogen-bond donors (Lipinski definition) is 2. The Hall–Kier alpha value is -3.41. The molecule has 3 rings (SSSR count). The molecule has 0 aliphatic carbocycles. The maximum Gasteiger partial charge on any atom is 0.224 e. The van der Waals surface area contributed by atoms with E-state index >= 15 is 0 Å². The molecular weight excluding hydrogens is 352 g/mol. The van der Waals surface area contributed by atoms with Gasteiger partial charge in [-0.25, -0.2) is 4.98 Å². The molecule has 0 fully saturated rings. The van der Waals surface area contributed by atoms with E-state index in [4.69, 9.17) is 4.74 Å². The Morgan fingerprint density at radius 1 is 1.07 bits per heavy atom. The Labute approximate surface area is 165 Å². The predicted octanol–water partition coefficient (Wildman–Crippen LogP) is 4.39. The molecule has 6 nitrogen and oxygen atoms in total. The van der Waals surface area contributed by atoms with E-state index in [1.807, 2.05) is 43.3 Å². The molecule has 28 heavy (non-hydrogen) atoms. The van der Waals surface area contributed by atoms with Crippen LogP contribution in [0.2, 0.25) is 0 Å². The molecule has 0 radical (unpaired) electrons. The van der Waals surface area contributed by atoms with E-state index in [9.17, 15) is 4.79 Å². The van der Waals surface area contributed by atoms with Gasteiger partial charge in [0.05, 0.1) is 7.11 Å². The van der Waals surface area contributed by atoms with Crippen LogP contribution in [0.15, 0.2) is 54.6 Å². The second kappa shape index (κ2) is 8.99. The number of anilines is 3. The van der Waals surface area contributed by atoms with Crippen LogP contribution in [0, 0.1) is 6.92 Å². The highest BCUT2D eigenvalue weighted by Crippen LogP contribution is 2.18. The summed E-state index contributed by atoms with van der Waals surface area (Å²) in [6, 6.07) is 17.2. The Kier molecular flexibility index (Phi) is 6.22. The maximum atomic E-state index is 11.4. The van der Waals surface area contributed by atoms with Crippen LogP contribution in [0.4, 0.5) is 17.5 Å². The number of benzene rings is 2. The second-order valence-corrected chi connectivity index (χ2v) is 6.51. The number of nitrogens with one attached hydrogen (secondary N) is 2. The van der Waals surface area contributed by atoms with Crippen LogP contribution in [-0.4, -0.2) is 29.4 Å². The topological polar surface area (TPSA) is 76.1 Å². The van der Waals surface area contributed by atoms with Gasteiger partial charge >= 0.3 is 0 Å². The average molecular weight is 376 g/mol. The average Bonchev–Trinajstić information content (AvgIpc) is 2.68. The first-order chi connectivity index (χ1) is 13.5. The summed E-state index contributed by atoms with van der Waals surface area (Å²) in [5, 5.41) is 6.53. The fraction of sp³-hybridized carbons (Fsp3) is 0.227. The monoisotopic (exact) mass is 376 g/mol. The summed E-state index contributed by atoms with van der Waals surface area (Å²) in [6.45, 7) is 4.20. The molecule has 0 amide bonds. The summed E-state index contributed by atoms with van der Waals surface area (Å²) >= 11 is 0. The number of hydrogen-bond acceptors (Lipinski definition) is 6. The third kappa shape index (κ3) is 5.30.